The van der Waals surface area contributed by atoms with Crippen LogP contribution in [-0.2, 0) is 0 Å². The van der Waals surface area contributed by atoms with Crippen LogP contribution < -0.4 is 5.32 Å². The molecule has 1 aromatic carbocycles. The number of pyridine rings is 2. The number of benzene rings is 1. The van der Waals surface area contributed by atoms with Crippen molar-refractivity contribution in [2.24, 2.45) is 0 Å². The third kappa shape index (κ3) is 4.18. The Morgan fingerprint density at radius 3 is 2.41 bits per heavy atom. The smallest absolute Gasteiger partial charge is 0.257 e. The molecular weight excluding hydrogens is 374 g/mol. The van der Waals surface area contributed by atoms with Gasteiger partial charge in [0.25, 0.3) is 5.91 Å². The molecule has 3 aromatic rings. The van der Waals surface area contributed by atoms with E-state index < -0.39 is 11.6 Å². The minimum atomic E-state index is -0.694. The van der Waals surface area contributed by atoms with Crippen molar-refractivity contribution >= 4 is 28.3 Å². The molecule has 1 N–H and O–H groups in total. The topological polar surface area (TPSA) is 58.1 Å². The Kier molecular flexibility index (Phi) is 5.38. The van der Waals surface area contributed by atoms with Crippen molar-refractivity contribution < 1.29 is 13.6 Å². The van der Waals surface area contributed by atoms with Gasteiger partial charge in [-0.1, -0.05) is 12.8 Å². The van der Waals surface area contributed by atoms with Crippen LogP contribution in [0.3, 0.4) is 0 Å². The molecule has 0 atom stereocenters. The Balaban J connectivity index is 1.81. The van der Waals surface area contributed by atoms with Gasteiger partial charge >= 0.3 is 0 Å². The van der Waals surface area contributed by atoms with E-state index in [9.17, 15) is 13.6 Å². The maximum absolute atomic E-state index is 13.7. The number of aryl methyl sites for hydroxylation is 1. The first kappa shape index (κ1) is 19.2. The summed E-state index contributed by atoms with van der Waals surface area (Å²) in [5, 5.41) is 3.67. The lowest BCUT2D eigenvalue weighted by atomic mass is 10.1. The summed E-state index contributed by atoms with van der Waals surface area (Å²) in [6.07, 6.45) is 5.64. The number of nitrogens with zero attached hydrogens (tertiary/aromatic N) is 3. The SMILES string of the molecule is Cc1ccc2c(Nc3cc(F)cc(F)c3)c(C(=O)N3CCCCCC3)cnc2n1. The highest BCUT2D eigenvalue weighted by atomic mass is 19.1. The molecule has 7 heteroatoms. The zero-order chi connectivity index (χ0) is 20.4. The summed E-state index contributed by atoms with van der Waals surface area (Å²) in [5.41, 5.74) is 2.31. The lowest BCUT2D eigenvalue weighted by molar-refractivity contribution is 0.0762. The molecular formula is C22H22F2N4O. The predicted octanol–water partition coefficient (Wildman–Crippen LogP) is 4.98. The van der Waals surface area contributed by atoms with Gasteiger partial charge in [0, 0.05) is 42.1 Å². The molecule has 3 heterocycles. The number of amides is 1. The number of hydrogen-bond acceptors (Lipinski definition) is 4. The Hall–Kier alpha value is -3.09. The fourth-order valence-corrected chi connectivity index (χ4v) is 3.68. The molecule has 4 rings (SSSR count). The summed E-state index contributed by atoms with van der Waals surface area (Å²) in [6, 6.07) is 6.84. The van der Waals surface area contributed by atoms with Gasteiger partial charge in [0.1, 0.15) is 11.6 Å². The Bertz CT molecular complexity index is 1040. The van der Waals surface area contributed by atoms with E-state index in [1.54, 1.807) is 0 Å². The van der Waals surface area contributed by atoms with Gasteiger partial charge in [0.05, 0.1) is 11.3 Å². The van der Waals surface area contributed by atoms with Gasteiger partial charge in [0.15, 0.2) is 5.65 Å². The van der Waals surface area contributed by atoms with Crippen LogP contribution in [-0.4, -0.2) is 33.9 Å². The first-order valence-corrected chi connectivity index (χ1v) is 9.80. The van der Waals surface area contributed by atoms with E-state index in [0.717, 1.165) is 37.4 Å². The van der Waals surface area contributed by atoms with Gasteiger partial charge in [-0.15, -0.1) is 0 Å². The van der Waals surface area contributed by atoms with Crippen LogP contribution in [0.25, 0.3) is 11.0 Å². The quantitative estimate of drug-likeness (QED) is 0.679. The van der Waals surface area contributed by atoms with Crippen molar-refractivity contribution in [2.45, 2.75) is 32.6 Å². The largest absolute Gasteiger partial charge is 0.354 e. The Morgan fingerprint density at radius 2 is 1.72 bits per heavy atom. The van der Waals surface area contributed by atoms with Gasteiger partial charge in [-0.3, -0.25) is 4.79 Å². The molecule has 2 aromatic heterocycles. The van der Waals surface area contributed by atoms with Crippen LogP contribution in [0, 0.1) is 18.6 Å². The molecule has 1 amide bonds. The highest BCUT2D eigenvalue weighted by Crippen LogP contribution is 2.30. The lowest BCUT2D eigenvalue weighted by Gasteiger charge is -2.22. The lowest BCUT2D eigenvalue weighted by Crippen LogP contribution is -2.32. The summed E-state index contributed by atoms with van der Waals surface area (Å²) in [4.78, 5) is 23.9. The van der Waals surface area contributed by atoms with Crippen LogP contribution in [0.2, 0.25) is 0 Å². The maximum atomic E-state index is 13.7. The third-order valence-corrected chi connectivity index (χ3v) is 5.12. The van der Waals surface area contributed by atoms with Crippen LogP contribution >= 0.6 is 0 Å². The molecule has 5 nitrogen and oxygen atoms in total. The second-order valence-corrected chi connectivity index (χ2v) is 7.36. The van der Waals surface area contributed by atoms with E-state index in [0.29, 0.717) is 35.4 Å². The van der Waals surface area contributed by atoms with Gasteiger partial charge in [0.2, 0.25) is 0 Å². The summed E-state index contributed by atoms with van der Waals surface area (Å²) in [5.74, 6) is -1.53. The van der Waals surface area contributed by atoms with Crippen LogP contribution in [0.5, 0.6) is 0 Å². The number of halogens is 2. The standard InChI is InChI=1S/C22H22F2N4O/c1-14-6-7-18-20(27-17-11-15(23)10-16(24)12-17)19(13-25-21(18)26-14)22(29)28-8-4-2-3-5-9-28/h6-7,10-13H,2-5,8-9H2,1H3,(H,25,26,27). The molecule has 0 radical (unpaired) electrons. The van der Waals surface area contributed by atoms with E-state index >= 15 is 0 Å². The highest BCUT2D eigenvalue weighted by Gasteiger charge is 2.23. The zero-order valence-electron chi connectivity index (χ0n) is 16.2. The molecule has 1 aliphatic rings. The number of aromatic nitrogens is 2. The van der Waals surface area contributed by atoms with Crippen molar-refractivity contribution in [2.75, 3.05) is 18.4 Å². The Morgan fingerprint density at radius 1 is 1.03 bits per heavy atom. The van der Waals surface area contributed by atoms with Gasteiger partial charge in [-0.05, 0) is 44.0 Å². The average Bonchev–Trinajstić information content (AvgIpc) is 2.96. The number of rotatable bonds is 3. The van der Waals surface area contributed by atoms with Crippen molar-refractivity contribution in [3.8, 4) is 0 Å². The van der Waals surface area contributed by atoms with E-state index in [-0.39, 0.29) is 11.6 Å². The fourth-order valence-electron chi connectivity index (χ4n) is 3.68. The molecule has 1 aliphatic heterocycles. The van der Waals surface area contributed by atoms with Crippen molar-refractivity contribution in [3.63, 3.8) is 0 Å². The number of nitrogens with one attached hydrogen (secondary N) is 1. The van der Waals surface area contributed by atoms with Gasteiger partial charge in [-0.2, -0.15) is 0 Å². The van der Waals surface area contributed by atoms with Crippen LogP contribution in [0.1, 0.15) is 41.7 Å². The molecule has 0 spiro atoms. The predicted molar refractivity (Wildman–Crippen MR) is 108 cm³/mol. The van der Waals surface area contributed by atoms with E-state index in [4.69, 9.17) is 0 Å². The highest BCUT2D eigenvalue weighted by molar-refractivity contribution is 6.07. The number of hydrogen-bond donors (Lipinski definition) is 1. The molecule has 0 unspecified atom stereocenters. The molecule has 1 fully saturated rings. The monoisotopic (exact) mass is 396 g/mol. The van der Waals surface area contributed by atoms with E-state index in [2.05, 4.69) is 15.3 Å². The van der Waals surface area contributed by atoms with Crippen molar-refractivity contribution in [3.05, 3.63) is 59.4 Å². The molecule has 0 saturated carbocycles. The van der Waals surface area contributed by atoms with Gasteiger partial charge in [-0.25, -0.2) is 18.7 Å². The third-order valence-electron chi connectivity index (χ3n) is 5.12. The van der Waals surface area contributed by atoms with E-state index in [1.165, 1.54) is 18.3 Å². The number of carbonyl (C=O) groups excluding carboxylic acids is 1. The molecule has 0 aliphatic carbocycles. The summed E-state index contributed by atoms with van der Waals surface area (Å²) >= 11 is 0. The number of fused-ring (bicyclic) bond motifs is 1. The summed E-state index contributed by atoms with van der Waals surface area (Å²) in [7, 11) is 0. The van der Waals surface area contributed by atoms with Crippen LogP contribution in [0.15, 0.2) is 36.5 Å². The molecule has 29 heavy (non-hydrogen) atoms. The van der Waals surface area contributed by atoms with Crippen molar-refractivity contribution in [1.29, 1.82) is 0 Å². The fraction of sp³-hybridized carbons (Fsp3) is 0.318. The Labute approximate surface area is 167 Å². The number of carbonyl (C=O) groups is 1. The first-order valence-electron chi connectivity index (χ1n) is 9.80. The molecule has 0 bridgehead atoms. The minimum Gasteiger partial charge on any atom is -0.354 e. The molecule has 150 valence electrons. The first-order chi connectivity index (χ1) is 14.0. The molecule has 1 saturated heterocycles. The van der Waals surface area contributed by atoms with E-state index in [1.807, 2.05) is 24.0 Å². The normalized spacial score (nSPS) is 14.7. The van der Waals surface area contributed by atoms with Crippen molar-refractivity contribution in [1.82, 2.24) is 14.9 Å². The second-order valence-electron chi connectivity index (χ2n) is 7.36. The maximum Gasteiger partial charge on any atom is 0.257 e. The second kappa shape index (κ2) is 8.11. The number of likely N-dealkylation sites (tertiary alicyclic amines) is 1. The van der Waals surface area contributed by atoms with Gasteiger partial charge < -0.3 is 10.2 Å². The number of anilines is 2. The van der Waals surface area contributed by atoms with Crippen LogP contribution in [0.4, 0.5) is 20.2 Å². The minimum absolute atomic E-state index is 0.138. The zero-order valence-corrected chi connectivity index (χ0v) is 16.2. The summed E-state index contributed by atoms with van der Waals surface area (Å²) < 4.78 is 27.4. The summed E-state index contributed by atoms with van der Waals surface area (Å²) in [6.45, 7) is 3.24. The average molecular weight is 396 g/mol.